The molecule has 1 aliphatic rings. The van der Waals surface area contributed by atoms with Gasteiger partial charge in [-0.05, 0) is 44.5 Å². The molecule has 0 unspecified atom stereocenters. The fourth-order valence-corrected chi connectivity index (χ4v) is 2.28. The molecule has 0 amide bonds. The number of benzene rings is 1. The van der Waals surface area contributed by atoms with Crippen LogP contribution in [0.15, 0.2) is 18.2 Å². The lowest BCUT2D eigenvalue weighted by atomic mass is 10.1. The first-order valence-electron chi connectivity index (χ1n) is 6.08. The largest absolute Gasteiger partial charge is 0.397 e. The van der Waals surface area contributed by atoms with Crippen molar-refractivity contribution in [3.8, 4) is 0 Å². The van der Waals surface area contributed by atoms with Crippen LogP contribution in [0, 0.1) is 6.92 Å². The molecule has 0 aliphatic carbocycles. The number of likely N-dealkylation sites (tertiary alicyclic amines) is 1. The van der Waals surface area contributed by atoms with Crippen LogP contribution in [0.2, 0.25) is 0 Å². The van der Waals surface area contributed by atoms with Gasteiger partial charge in [0.15, 0.2) is 0 Å². The fourth-order valence-electron chi connectivity index (χ4n) is 2.28. The van der Waals surface area contributed by atoms with Crippen LogP contribution in [0.1, 0.15) is 18.4 Å². The number of hydrogen-bond donors (Lipinski definition) is 2. The zero-order valence-corrected chi connectivity index (χ0v) is 10.00. The normalized spacial score (nSPS) is 16.6. The molecule has 1 fully saturated rings. The number of nitrogen functional groups attached to an aromatic ring is 1. The van der Waals surface area contributed by atoms with E-state index < -0.39 is 0 Å². The van der Waals surface area contributed by atoms with Gasteiger partial charge in [0.2, 0.25) is 0 Å². The summed E-state index contributed by atoms with van der Waals surface area (Å²) in [6, 6.07) is 6.04. The van der Waals surface area contributed by atoms with Gasteiger partial charge in [-0.2, -0.15) is 0 Å². The van der Waals surface area contributed by atoms with E-state index in [0.29, 0.717) is 0 Å². The molecule has 1 aromatic carbocycles. The van der Waals surface area contributed by atoms with E-state index in [9.17, 15) is 0 Å². The lowest BCUT2D eigenvalue weighted by Crippen LogP contribution is -2.26. The molecule has 0 saturated carbocycles. The summed E-state index contributed by atoms with van der Waals surface area (Å²) in [5.74, 6) is 0. The Balaban J connectivity index is 1.84. The van der Waals surface area contributed by atoms with Crippen LogP contribution in [0.5, 0.6) is 0 Å². The fraction of sp³-hybridized carbons (Fsp3) is 0.538. The van der Waals surface area contributed by atoms with E-state index in [0.717, 1.165) is 24.5 Å². The Hall–Kier alpha value is -1.22. The van der Waals surface area contributed by atoms with Gasteiger partial charge in [-0.15, -0.1) is 0 Å². The Bertz CT molecular complexity index is 323. The van der Waals surface area contributed by atoms with Gasteiger partial charge >= 0.3 is 0 Å². The van der Waals surface area contributed by atoms with Crippen LogP contribution in [-0.4, -0.2) is 31.1 Å². The molecule has 0 aromatic heterocycles. The van der Waals surface area contributed by atoms with E-state index in [1.54, 1.807) is 0 Å². The van der Waals surface area contributed by atoms with Gasteiger partial charge in [-0.25, -0.2) is 0 Å². The number of nitrogens with one attached hydrogen (secondary N) is 1. The number of nitrogens with two attached hydrogens (primary N) is 1. The summed E-state index contributed by atoms with van der Waals surface area (Å²) in [4.78, 5) is 2.50. The average Bonchev–Trinajstić information content (AvgIpc) is 2.75. The summed E-state index contributed by atoms with van der Waals surface area (Å²) in [5, 5.41) is 3.44. The molecular weight excluding hydrogens is 198 g/mol. The van der Waals surface area contributed by atoms with Crippen LogP contribution in [0.3, 0.4) is 0 Å². The molecule has 3 heteroatoms. The standard InChI is InChI=1S/C13H21N3/c1-11-5-4-6-12(14)13(11)15-7-10-16-8-2-3-9-16/h4-6,15H,2-3,7-10,14H2,1H3. The first-order valence-corrected chi connectivity index (χ1v) is 6.08. The maximum Gasteiger partial charge on any atom is 0.0604 e. The van der Waals surface area contributed by atoms with Crippen LogP contribution in [-0.2, 0) is 0 Å². The number of aryl methyl sites for hydroxylation is 1. The number of rotatable bonds is 4. The number of nitrogens with zero attached hydrogens (tertiary/aromatic N) is 1. The molecule has 16 heavy (non-hydrogen) atoms. The van der Waals surface area contributed by atoms with Crippen LogP contribution in [0.25, 0.3) is 0 Å². The maximum absolute atomic E-state index is 5.94. The summed E-state index contributed by atoms with van der Waals surface area (Å²) in [6.45, 7) is 6.70. The molecule has 3 N–H and O–H groups in total. The third kappa shape index (κ3) is 2.67. The van der Waals surface area contributed by atoms with Crippen molar-refractivity contribution in [2.75, 3.05) is 37.2 Å². The van der Waals surface area contributed by atoms with Gasteiger partial charge in [0, 0.05) is 13.1 Å². The van der Waals surface area contributed by atoms with Gasteiger partial charge in [0.25, 0.3) is 0 Å². The molecule has 0 spiro atoms. The highest BCUT2D eigenvalue weighted by Crippen LogP contribution is 2.22. The van der Waals surface area contributed by atoms with Crippen molar-refractivity contribution in [2.24, 2.45) is 0 Å². The van der Waals surface area contributed by atoms with E-state index >= 15 is 0 Å². The molecule has 1 aliphatic heterocycles. The van der Waals surface area contributed by atoms with E-state index in [2.05, 4.69) is 23.2 Å². The van der Waals surface area contributed by atoms with Crippen LogP contribution < -0.4 is 11.1 Å². The van der Waals surface area contributed by atoms with E-state index in [1.807, 2.05) is 12.1 Å². The highest BCUT2D eigenvalue weighted by Gasteiger charge is 2.10. The topological polar surface area (TPSA) is 41.3 Å². The van der Waals surface area contributed by atoms with Crippen molar-refractivity contribution in [3.05, 3.63) is 23.8 Å². The Morgan fingerprint density at radius 1 is 1.31 bits per heavy atom. The van der Waals surface area contributed by atoms with E-state index in [4.69, 9.17) is 5.73 Å². The van der Waals surface area contributed by atoms with Crippen molar-refractivity contribution in [2.45, 2.75) is 19.8 Å². The first kappa shape index (κ1) is 11.3. The summed E-state index contributed by atoms with van der Waals surface area (Å²) >= 11 is 0. The van der Waals surface area contributed by atoms with Crippen LogP contribution in [0.4, 0.5) is 11.4 Å². The highest BCUT2D eigenvalue weighted by atomic mass is 15.1. The second-order valence-corrected chi connectivity index (χ2v) is 4.51. The van der Waals surface area contributed by atoms with Crippen LogP contribution >= 0.6 is 0 Å². The van der Waals surface area contributed by atoms with Crippen molar-refractivity contribution in [3.63, 3.8) is 0 Å². The Morgan fingerprint density at radius 2 is 2.06 bits per heavy atom. The van der Waals surface area contributed by atoms with Gasteiger partial charge < -0.3 is 16.0 Å². The molecular formula is C13H21N3. The molecule has 88 valence electrons. The van der Waals surface area contributed by atoms with Crippen molar-refractivity contribution in [1.29, 1.82) is 0 Å². The van der Waals surface area contributed by atoms with E-state index in [-0.39, 0.29) is 0 Å². The predicted molar refractivity (Wildman–Crippen MR) is 69.8 cm³/mol. The summed E-state index contributed by atoms with van der Waals surface area (Å²) < 4.78 is 0. The van der Waals surface area contributed by atoms with Crippen molar-refractivity contribution >= 4 is 11.4 Å². The minimum atomic E-state index is 0.849. The molecule has 2 rings (SSSR count). The first-order chi connectivity index (χ1) is 7.77. The van der Waals surface area contributed by atoms with E-state index in [1.165, 1.54) is 31.5 Å². The smallest absolute Gasteiger partial charge is 0.0604 e. The Morgan fingerprint density at radius 3 is 2.75 bits per heavy atom. The Labute approximate surface area is 97.6 Å². The molecule has 0 atom stereocenters. The Kier molecular flexibility index (Phi) is 3.67. The van der Waals surface area contributed by atoms with Crippen molar-refractivity contribution in [1.82, 2.24) is 4.90 Å². The predicted octanol–water partition coefficient (Wildman–Crippen LogP) is 2.08. The summed E-state index contributed by atoms with van der Waals surface area (Å²) in [5.41, 5.74) is 9.11. The SMILES string of the molecule is Cc1cccc(N)c1NCCN1CCCC1. The summed E-state index contributed by atoms with van der Waals surface area (Å²) in [7, 11) is 0. The highest BCUT2D eigenvalue weighted by molar-refractivity contribution is 5.69. The molecule has 1 heterocycles. The molecule has 3 nitrogen and oxygen atoms in total. The minimum absolute atomic E-state index is 0.849. The zero-order chi connectivity index (χ0) is 11.4. The molecule has 1 saturated heterocycles. The lowest BCUT2D eigenvalue weighted by molar-refractivity contribution is 0.352. The number of hydrogen-bond acceptors (Lipinski definition) is 3. The minimum Gasteiger partial charge on any atom is -0.397 e. The second kappa shape index (κ2) is 5.21. The molecule has 0 bridgehead atoms. The monoisotopic (exact) mass is 219 g/mol. The quantitative estimate of drug-likeness (QED) is 0.762. The molecule has 0 radical (unpaired) electrons. The summed E-state index contributed by atoms with van der Waals surface area (Å²) in [6.07, 6.45) is 2.71. The third-order valence-electron chi connectivity index (χ3n) is 3.23. The van der Waals surface area contributed by atoms with Gasteiger partial charge in [0.05, 0.1) is 11.4 Å². The maximum atomic E-state index is 5.94. The van der Waals surface area contributed by atoms with Gasteiger partial charge in [-0.3, -0.25) is 0 Å². The average molecular weight is 219 g/mol. The zero-order valence-electron chi connectivity index (χ0n) is 10.00. The molecule has 1 aromatic rings. The lowest BCUT2D eigenvalue weighted by Gasteiger charge is -2.17. The van der Waals surface area contributed by atoms with Crippen molar-refractivity contribution < 1.29 is 0 Å². The third-order valence-corrected chi connectivity index (χ3v) is 3.23. The number of anilines is 2. The van der Waals surface area contributed by atoms with Gasteiger partial charge in [-0.1, -0.05) is 12.1 Å². The number of para-hydroxylation sites is 1. The second-order valence-electron chi connectivity index (χ2n) is 4.51. The van der Waals surface area contributed by atoms with Gasteiger partial charge in [0.1, 0.15) is 0 Å².